The first kappa shape index (κ1) is 18.4. The number of benzene rings is 1. The van der Waals surface area contributed by atoms with Crippen LogP contribution in [-0.4, -0.2) is 36.0 Å². The Hall–Kier alpha value is -2.65. The third kappa shape index (κ3) is 2.96. The number of nitrogens with zero attached hydrogens (tertiary/aromatic N) is 4. The lowest BCUT2D eigenvalue weighted by molar-refractivity contribution is -0.133. The van der Waals surface area contributed by atoms with Crippen LogP contribution in [0.4, 0.5) is 0 Å². The number of aliphatic carboxylic acids is 1. The van der Waals surface area contributed by atoms with Crippen molar-refractivity contribution in [2.75, 3.05) is 5.75 Å². The first-order valence-corrected chi connectivity index (χ1v) is 11.2. The maximum absolute atomic E-state index is 13.6. The molecule has 1 aliphatic carbocycles. The summed E-state index contributed by atoms with van der Waals surface area (Å²) in [5.74, 6) is -0.0365. The summed E-state index contributed by atoms with van der Waals surface area (Å²) in [4.78, 5) is 26.8. The number of carboxylic acids is 1. The molecule has 1 atom stereocenters. The van der Waals surface area contributed by atoms with E-state index in [1.165, 1.54) is 4.88 Å². The first-order valence-electron chi connectivity index (χ1n) is 9.39. The van der Waals surface area contributed by atoms with Crippen LogP contribution in [0.1, 0.15) is 23.8 Å². The van der Waals surface area contributed by atoms with E-state index < -0.39 is 5.97 Å². The Kier molecular flexibility index (Phi) is 4.44. The van der Waals surface area contributed by atoms with E-state index in [0.717, 1.165) is 47.1 Å². The standard InChI is InChI=1S/C20H18N4O3S2/c1-11-7-8-13-14(9-11)29-18-16(13)17(27)23(12-5-3-2-4-6-12)19-21-22-20(24(18)19)28-10-15(25)26/h2-6,11H,7-10H2,1H3,(H,25,26). The van der Waals surface area contributed by atoms with Crippen LogP contribution < -0.4 is 5.56 Å². The minimum atomic E-state index is -0.918. The van der Waals surface area contributed by atoms with Gasteiger partial charge in [-0.1, -0.05) is 36.9 Å². The summed E-state index contributed by atoms with van der Waals surface area (Å²) >= 11 is 2.73. The number of thiophene rings is 1. The molecule has 1 N–H and O–H groups in total. The Labute approximate surface area is 174 Å². The van der Waals surface area contributed by atoms with Gasteiger partial charge >= 0.3 is 5.97 Å². The van der Waals surface area contributed by atoms with Crippen LogP contribution in [0.5, 0.6) is 0 Å². The molecule has 9 heteroatoms. The zero-order valence-electron chi connectivity index (χ0n) is 15.7. The van der Waals surface area contributed by atoms with Gasteiger partial charge in [-0.05, 0) is 42.9 Å². The number of hydrogen-bond acceptors (Lipinski definition) is 6. The van der Waals surface area contributed by atoms with Crippen molar-refractivity contribution in [3.8, 4) is 5.69 Å². The molecule has 0 saturated heterocycles. The zero-order chi connectivity index (χ0) is 20.1. The van der Waals surface area contributed by atoms with E-state index in [9.17, 15) is 9.59 Å². The second-order valence-electron chi connectivity index (χ2n) is 7.31. The van der Waals surface area contributed by atoms with Gasteiger partial charge in [-0.15, -0.1) is 21.5 Å². The molecule has 0 amide bonds. The molecule has 0 radical (unpaired) electrons. The molecule has 3 aromatic heterocycles. The highest BCUT2D eigenvalue weighted by Gasteiger charge is 2.27. The predicted molar refractivity (Wildman–Crippen MR) is 114 cm³/mol. The van der Waals surface area contributed by atoms with Crippen molar-refractivity contribution < 1.29 is 9.90 Å². The van der Waals surface area contributed by atoms with Crippen molar-refractivity contribution in [1.82, 2.24) is 19.2 Å². The zero-order valence-corrected chi connectivity index (χ0v) is 17.3. The number of rotatable bonds is 4. The SMILES string of the molecule is CC1CCc2c(sc3c2c(=O)n(-c2ccccc2)c2nnc(SCC(=O)O)n32)C1. The highest BCUT2D eigenvalue weighted by atomic mass is 32.2. The lowest BCUT2D eigenvalue weighted by Gasteiger charge is -2.17. The van der Waals surface area contributed by atoms with Gasteiger partial charge in [0.05, 0.1) is 16.8 Å². The van der Waals surface area contributed by atoms with E-state index >= 15 is 0 Å². The van der Waals surface area contributed by atoms with Gasteiger partial charge in [0.2, 0.25) is 5.78 Å². The maximum atomic E-state index is 13.6. The summed E-state index contributed by atoms with van der Waals surface area (Å²) in [5, 5.41) is 18.8. The second kappa shape index (κ2) is 7.00. The molecule has 0 aliphatic heterocycles. The Morgan fingerprint density at radius 1 is 1.31 bits per heavy atom. The van der Waals surface area contributed by atoms with Crippen LogP contribution in [-0.2, 0) is 17.6 Å². The Balaban J connectivity index is 1.88. The molecular formula is C20H18N4O3S2. The van der Waals surface area contributed by atoms with Crippen LogP contribution >= 0.6 is 23.1 Å². The number of carbonyl (C=O) groups is 1. The largest absolute Gasteiger partial charge is 0.481 e. The molecular weight excluding hydrogens is 408 g/mol. The van der Waals surface area contributed by atoms with Gasteiger partial charge in [0.15, 0.2) is 5.16 Å². The van der Waals surface area contributed by atoms with Crippen molar-refractivity contribution in [1.29, 1.82) is 0 Å². The summed E-state index contributed by atoms with van der Waals surface area (Å²) in [6, 6.07) is 9.39. The highest BCUT2D eigenvalue weighted by Crippen LogP contribution is 2.38. The lowest BCUT2D eigenvalue weighted by atomic mass is 9.89. The average Bonchev–Trinajstić information content (AvgIpc) is 3.28. The predicted octanol–water partition coefficient (Wildman–Crippen LogP) is 3.40. The number of thioether (sulfide) groups is 1. The summed E-state index contributed by atoms with van der Waals surface area (Å²) < 4.78 is 3.44. The smallest absolute Gasteiger partial charge is 0.313 e. The van der Waals surface area contributed by atoms with Crippen molar-refractivity contribution in [3.05, 3.63) is 51.1 Å². The van der Waals surface area contributed by atoms with Crippen molar-refractivity contribution in [2.45, 2.75) is 31.3 Å². The fraction of sp³-hybridized carbons (Fsp3) is 0.300. The summed E-state index contributed by atoms with van der Waals surface area (Å²) in [6.45, 7) is 2.23. The van der Waals surface area contributed by atoms with E-state index in [4.69, 9.17) is 5.11 Å². The fourth-order valence-corrected chi connectivity index (χ4v) is 6.14. The number of para-hydroxylation sites is 1. The van der Waals surface area contributed by atoms with Crippen LogP contribution in [0.15, 0.2) is 40.3 Å². The van der Waals surface area contributed by atoms with Gasteiger partial charge in [-0.2, -0.15) is 0 Å². The molecule has 29 heavy (non-hydrogen) atoms. The molecule has 5 rings (SSSR count). The van der Waals surface area contributed by atoms with Crippen molar-refractivity contribution >= 4 is 45.1 Å². The highest BCUT2D eigenvalue weighted by molar-refractivity contribution is 7.99. The molecule has 0 bridgehead atoms. The summed E-state index contributed by atoms with van der Waals surface area (Å²) in [6.07, 6.45) is 2.90. The van der Waals surface area contributed by atoms with Gasteiger partial charge in [-0.25, -0.2) is 8.97 Å². The van der Waals surface area contributed by atoms with Gasteiger partial charge in [-0.3, -0.25) is 9.59 Å². The minimum absolute atomic E-state index is 0.0899. The van der Waals surface area contributed by atoms with Gasteiger partial charge in [0, 0.05) is 4.88 Å². The summed E-state index contributed by atoms with van der Waals surface area (Å²) in [5.41, 5.74) is 1.76. The molecule has 4 aromatic rings. The Morgan fingerprint density at radius 2 is 2.10 bits per heavy atom. The molecule has 0 spiro atoms. The molecule has 1 aliphatic rings. The quantitative estimate of drug-likeness (QED) is 0.503. The second-order valence-corrected chi connectivity index (χ2v) is 9.33. The first-order chi connectivity index (χ1) is 14.0. The van der Waals surface area contributed by atoms with E-state index in [2.05, 4.69) is 17.1 Å². The lowest BCUT2D eigenvalue weighted by Crippen LogP contribution is -2.22. The molecule has 0 fully saturated rings. The van der Waals surface area contributed by atoms with E-state index in [0.29, 0.717) is 22.2 Å². The molecule has 0 saturated carbocycles. The summed E-state index contributed by atoms with van der Waals surface area (Å²) in [7, 11) is 0. The van der Waals surface area contributed by atoms with E-state index in [1.807, 2.05) is 34.7 Å². The number of carboxylic acid groups (broad SMARTS) is 1. The maximum Gasteiger partial charge on any atom is 0.313 e. The van der Waals surface area contributed by atoms with Crippen LogP contribution in [0.3, 0.4) is 0 Å². The normalized spacial score (nSPS) is 16.4. The molecule has 3 heterocycles. The van der Waals surface area contributed by atoms with Crippen molar-refractivity contribution in [2.24, 2.45) is 5.92 Å². The van der Waals surface area contributed by atoms with Crippen LogP contribution in [0, 0.1) is 5.92 Å². The average molecular weight is 427 g/mol. The van der Waals surface area contributed by atoms with E-state index in [-0.39, 0.29) is 11.3 Å². The molecule has 7 nitrogen and oxygen atoms in total. The molecule has 1 aromatic carbocycles. The minimum Gasteiger partial charge on any atom is -0.481 e. The Morgan fingerprint density at radius 3 is 2.86 bits per heavy atom. The monoisotopic (exact) mass is 426 g/mol. The number of fused-ring (bicyclic) bond motifs is 5. The van der Waals surface area contributed by atoms with Gasteiger partial charge in [0.25, 0.3) is 5.56 Å². The molecule has 1 unspecified atom stereocenters. The molecule has 148 valence electrons. The Bertz CT molecular complexity index is 1310. The van der Waals surface area contributed by atoms with Crippen molar-refractivity contribution in [3.63, 3.8) is 0 Å². The third-order valence-electron chi connectivity index (χ3n) is 5.27. The fourth-order valence-electron chi connectivity index (χ4n) is 3.93. The number of aromatic nitrogens is 4. The van der Waals surface area contributed by atoms with E-state index in [1.54, 1.807) is 15.9 Å². The van der Waals surface area contributed by atoms with Gasteiger partial charge < -0.3 is 5.11 Å². The van der Waals surface area contributed by atoms with Crippen LogP contribution in [0.25, 0.3) is 21.7 Å². The van der Waals surface area contributed by atoms with Gasteiger partial charge in [0.1, 0.15) is 4.83 Å². The third-order valence-corrected chi connectivity index (χ3v) is 7.42. The number of aryl methyl sites for hydroxylation is 1. The number of hydrogen-bond donors (Lipinski definition) is 1. The van der Waals surface area contributed by atoms with Crippen LogP contribution in [0.2, 0.25) is 0 Å². The topological polar surface area (TPSA) is 89.5 Å².